The van der Waals surface area contributed by atoms with E-state index in [2.05, 4.69) is 10.3 Å². The molecule has 0 fully saturated rings. The number of nitrogens with zero attached hydrogens (tertiary/aromatic N) is 2. The lowest BCUT2D eigenvalue weighted by Gasteiger charge is -2.03. The van der Waals surface area contributed by atoms with Crippen molar-refractivity contribution in [2.75, 3.05) is 5.32 Å². The minimum Gasteiger partial charge on any atom is -0.298 e. The van der Waals surface area contributed by atoms with Gasteiger partial charge < -0.3 is 0 Å². The summed E-state index contributed by atoms with van der Waals surface area (Å²) in [4.78, 5) is 27.3. The van der Waals surface area contributed by atoms with Crippen LogP contribution in [-0.4, -0.2) is 15.8 Å². The monoisotopic (exact) mass is 361 g/mol. The number of aryl methyl sites for hydroxylation is 2. The van der Waals surface area contributed by atoms with Gasteiger partial charge in [-0.3, -0.25) is 20.2 Å². The normalized spacial score (nSPS) is 10.8. The molecule has 3 aromatic rings. The minimum absolute atomic E-state index is 0.0975. The summed E-state index contributed by atoms with van der Waals surface area (Å²) in [5, 5.41) is 14.3. The summed E-state index contributed by atoms with van der Waals surface area (Å²) in [5.41, 5.74) is 2.56. The van der Waals surface area contributed by atoms with Gasteiger partial charge in [-0.05, 0) is 43.2 Å². The summed E-state index contributed by atoms with van der Waals surface area (Å²) in [7, 11) is 0. The number of hydrogen-bond acceptors (Lipinski definition) is 5. The largest absolute Gasteiger partial charge is 0.298 e. The summed E-state index contributed by atoms with van der Waals surface area (Å²) in [6.07, 6.45) is 0. The third kappa shape index (κ3) is 2.95. The number of rotatable bonds is 3. The SMILES string of the molecule is Cc1ccc2sc(NC(=O)c3cc(Cl)ccc3[N+](=O)[O-])nc2c1C. The quantitative estimate of drug-likeness (QED) is 0.540. The van der Waals surface area contributed by atoms with E-state index in [0.29, 0.717) is 5.13 Å². The maximum Gasteiger partial charge on any atom is 0.282 e. The molecule has 0 aliphatic carbocycles. The molecule has 24 heavy (non-hydrogen) atoms. The van der Waals surface area contributed by atoms with Crippen molar-refractivity contribution >= 4 is 49.9 Å². The first-order chi connectivity index (χ1) is 11.4. The Balaban J connectivity index is 1.97. The highest BCUT2D eigenvalue weighted by molar-refractivity contribution is 7.22. The Hall–Kier alpha value is -2.51. The third-order valence-electron chi connectivity index (χ3n) is 3.71. The highest BCUT2D eigenvalue weighted by Gasteiger charge is 2.21. The van der Waals surface area contributed by atoms with E-state index in [1.54, 1.807) is 0 Å². The Morgan fingerprint density at radius 1 is 1.29 bits per heavy atom. The zero-order valence-corrected chi connectivity index (χ0v) is 14.4. The van der Waals surface area contributed by atoms with Gasteiger partial charge in [-0.15, -0.1) is 0 Å². The topological polar surface area (TPSA) is 85.1 Å². The van der Waals surface area contributed by atoms with Crippen LogP contribution < -0.4 is 5.32 Å². The van der Waals surface area contributed by atoms with E-state index in [4.69, 9.17) is 11.6 Å². The number of halogens is 1. The summed E-state index contributed by atoms with van der Waals surface area (Å²) in [5.74, 6) is -0.613. The van der Waals surface area contributed by atoms with Gasteiger partial charge in [0.25, 0.3) is 11.6 Å². The number of amides is 1. The smallest absolute Gasteiger partial charge is 0.282 e. The number of anilines is 1. The standard InChI is InChI=1S/C16H12ClN3O3S/c1-8-3-6-13-14(9(8)2)18-16(24-13)19-15(21)11-7-10(17)4-5-12(11)20(22)23/h3-7H,1-2H3,(H,18,19,21). The number of carbonyl (C=O) groups excluding carboxylic acids is 1. The molecule has 1 heterocycles. The Morgan fingerprint density at radius 3 is 2.75 bits per heavy atom. The fraction of sp³-hybridized carbons (Fsp3) is 0.125. The zero-order chi connectivity index (χ0) is 17.4. The molecule has 1 N–H and O–H groups in total. The molecule has 1 aromatic heterocycles. The van der Waals surface area contributed by atoms with Crippen molar-refractivity contribution in [2.24, 2.45) is 0 Å². The number of benzene rings is 2. The Kier molecular flexibility index (Phi) is 4.21. The van der Waals surface area contributed by atoms with Crippen LogP contribution in [0.15, 0.2) is 30.3 Å². The Bertz CT molecular complexity index is 984. The molecule has 0 bridgehead atoms. The molecule has 0 aliphatic heterocycles. The van der Waals surface area contributed by atoms with Gasteiger partial charge in [0, 0.05) is 11.1 Å². The Labute approximate surface area is 146 Å². The molecule has 0 saturated carbocycles. The first kappa shape index (κ1) is 16.4. The van der Waals surface area contributed by atoms with Crippen LogP contribution >= 0.6 is 22.9 Å². The molecule has 0 aliphatic rings. The number of nitro groups is 1. The van der Waals surface area contributed by atoms with E-state index in [1.165, 1.54) is 29.5 Å². The average Bonchev–Trinajstić information content (AvgIpc) is 2.94. The number of carbonyl (C=O) groups is 1. The highest BCUT2D eigenvalue weighted by atomic mass is 35.5. The maximum absolute atomic E-state index is 12.4. The van der Waals surface area contributed by atoms with E-state index in [9.17, 15) is 14.9 Å². The van der Waals surface area contributed by atoms with Gasteiger partial charge in [-0.1, -0.05) is 29.0 Å². The van der Waals surface area contributed by atoms with Crippen LogP contribution in [0.2, 0.25) is 5.02 Å². The molecule has 6 nitrogen and oxygen atoms in total. The van der Waals surface area contributed by atoms with E-state index in [0.717, 1.165) is 21.3 Å². The van der Waals surface area contributed by atoms with E-state index in [1.807, 2.05) is 26.0 Å². The maximum atomic E-state index is 12.4. The van der Waals surface area contributed by atoms with Crippen LogP contribution in [0.5, 0.6) is 0 Å². The van der Waals surface area contributed by atoms with Crippen molar-refractivity contribution in [3.63, 3.8) is 0 Å². The van der Waals surface area contributed by atoms with Crippen molar-refractivity contribution in [2.45, 2.75) is 13.8 Å². The molecule has 3 rings (SSSR count). The van der Waals surface area contributed by atoms with E-state index < -0.39 is 10.8 Å². The molecular formula is C16H12ClN3O3S. The van der Waals surface area contributed by atoms with Crippen LogP contribution in [0.25, 0.3) is 10.2 Å². The second kappa shape index (κ2) is 6.18. The van der Waals surface area contributed by atoms with Crippen LogP contribution in [0.4, 0.5) is 10.8 Å². The lowest BCUT2D eigenvalue weighted by Crippen LogP contribution is -2.13. The average molecular weight is 362 g/mol. The summed E-state index contributed by atoms with van der Waals surface area (Å²) in [6, 6.07) is 7.79. The highest BCUT2D eigenvalue weighted by Crippen LogP contribution is 2.30. The molecule has 0 spiro atoms. The van der Waals surface area contributed by atoms with Crippen LogP contribution in [0.3, 0.4) is 0 Å². The predicted molar refractivity (Wildman–Crippen MR) is 95.2 cm³/mol. The van der Waals surface area contributed by atoms with Gasteiger partial charge in [-0.2, -0.15) is 0 Å². The van der Waals surface area contributed by atoms with Crippen molar-refractivity contribution in [1.29, 1.82) is 0 Å². The number of thiazole rings is 1. The van der Waals surface area contributed by atoms with Gasteiger partial charge in [0.2, 0.25) is 0 Å². The molecule has 0 unspecified atom stereocenters. The fourth-order valence-corrected chi connectivity index (χ4v) is 3.39. The molecule has 0 saturated heterocycles. The van der Waals surface area contributed by atoms with Gasteiger partial charge in [0.1, 0.15) is 5.56 Å². The van der Waals surface area contributed by atoms with Gasteiger partial charge in [0.05, 0.1) is 15.1 Å². The van der Waals surface area contributed by atoms with Crippen LogP contribution in [-0.2, 0) is 0 Å². The summed E-state index contributed by atoms with van der Waals surface area (Å²) in [6.45, 7) is 3.95. The van der Waals surface area contributed by atoms with Gasteiger partial charge >= 0.3 is 0 Å². The van der Waals surface area contributed by atoms with Crippen molar-refractivity contribution in [1.82, 2.24) is 4.98 Å². The van der Waals surface area contributed by atoms with Crippen molar-refractivity contribution < 1.29 is 9.72 Å². The molecule has 122 valence electrons. The van der Waals surface area contributed by atoms with E-state index in [-0.39, 0.29) is 16.3 Å². The second-order valence-electron chi connectivity index (χ2n) is 5.25. The Morgan fingerprint density at radius 2 is 2.04 bits per heavy atom. The summed E-state index contributed by atoms with van der Waals surface area (Å²) < 4.78 is 0.939. The molecule has 8 heteroatoms. The number of nitrogens with one attached hydrogen (secondary N) is 1. The fourth-order valence-electron chi connectivity index (χ4n) is 2.29. The molecule has 2 aromatic carbocycles. The minimum atomic E-state index is -0.614. The lowest BCUT2D eigenvalue weighted by molar-refractivity contribution is -0.385. The van der Waals surface area contributed by atoms with Gasteiger partial charge in [-0.25, -0.2) is 4.98 Å². The summed E-state index contributed by atoms with van der Waals surface area (Å²) >= 11 is 7.17. The predicted octanol–water partition coefficient (Wildman–Crippen LogP) is 4.73. The third-order valence-corrected chi connectivity index (χ3v) is 4.88. The second-order valence-corrected chi connectivity index (χ2v) is 6.71. The number of nitro benzene ring substituents is 1. The first-order valence-corrected chi connectivity index (χ1v) is 8.18. The van der Waals surface area contributed by atoms with Gasteiger partial charge in [0.15, 0.2) is 5.13 Å². The molecule has 1 amide bonds. The first-order valence-electron chi connectivity index (χ1n) is 6.99. The zero-order valence-electron chi connectivity index (χ0n) is 12.8. The number of hydrogen-bond donors (Lipinski definition) is 1. The van der Waals surface area contributed by atoms with Crippen LogP contribution in [0, 0.1) is 24.0 Å². The number of fused-ring (bicyclic) bond motifs is 1. The van der Waals surface area contributed by atoms with E-state index >= 15 is 0 Å². The lowest BCUT2D eigenvalue weighted by atomic mass is 10.1. The van der Waals surface area contributed by atoms with Crippen molar-refractivity contribution in [3.05, 3.63) is 62.2 Å². The molecule has 0 atom stereocenters. The molecular weight excluding hydrogens is 350 g/mol. The van der Waals surface area contributed by atoms with Crippen molar-refractivity contribution in [3.8, 4) is 0 Å². The van der Waals surface area contributed by atoms with Crippen LogP contribution in [0.1, 0.15) is 21.5 Å². The number of aromatic nitrogens is 1. The molecule has 0 radical (unpaired) electrons.